The third-order valence-corrected chi connectivity index (χ3v) is 11.3. The molecular weight excluding hydrogens is 1090 g/mol. The summed E-state index contributed by atoms with van der Waals surface area (Å²) < 4.78 is 127. The molecule has 0 rings (SSSR count). The van der Waals surface area contributed by atoms with Gasteiger partial charge in [-0.15, -0.1) is 0 Å². The van der Waals surface area contributed by atoms with Crippen LogP contribution in [0.4, 0.5) is 0 Å². The smallest absolute Gasteiger partial charge is 0.0701 e. The molecule has 0 atom stereocenters. The van der Waals surface area contributed by atoms with E-state index >= 15 is 0 Å². The van der Waals surface area contributed by atoms with Crippen LogP contribution in [-0.4, -0.2) is 316 Å². The molecule has 1 N–H and O–H groups in total. The molecule has 0 aromatic carbocycles. The van der Waals surface area contributed by atoms with Crippen LogP contribution in [-0.2, 0) is 109 Å². The molecule has 0 spiro atoms. The minimum Gasteiger partial charge on any atom is -0.394 e. The lowest BCUT2D eigenvalue weighted by Gasteiger charge is -2.09. The lowest BCUT2D eigenvalue weighted by atomic mass is 10.1. The number of aliphatic hydroxyl groups excluding tert-OH is 1. The van der Waals surface area contributed by atoms with E-state index in [0.29, 0.717) is 297 Å². The zero-order valence-electron chi connectivity index (χ0n) is 51.8. The van der Waals surface area contributed by atoms with Crippen molar-refractivity contribution in [1.82, 2.24) is 0 Å². The summed E-state index contributed by atoms with van der Waals surface area (Å²) in [5, 5.41) is 8.61. The number of hydrogen-bond donors (Lipinski definition) is 1. The fraction of sp³-hybridized carbons (Fsp3) is 1.00. The number of aliphatic hydroxyl groups is 1. The molecule has 0 saturated carbocycles. The van der Waals surface area contributed by atoms with Crippen molar-refractivity contribution in [2.45, 2.75) is 77.6 Å². The van der Waals surface area contributed by atoms with Gasteiger partial charge < -0.3 is 114 Å². The summed E-state index contributed by atoms with van der Waals surface area (Å²) in [7, 11) is 0. The quantitative estimate of drug-likeness (QED) is 0.0815. The Kier molecular flexibility index (Phi) is 80.1. The summed E-state index contributed by atoms with van der Waals surface area (Å²) in [6.07, 6.45) is 14.2. The van der Waals surface area contributed by atoms with Crippen molar-refractivity contribution < 1.29 is 114 Å². The van der Waals surface area contributed by atoms with Crippen LogP contribution in [0.2, 0.25) is 0 Å². The highest BCUT2D eigenvalue weighted by Gasteiger charge is 2.01. The molecule has 0 fully saturated rings. The Balaban J connectivity index is 3.08. The highest BCUT2D eigenvalue weighted by atomic mass is 16.6. The molecule has 0 amide bonds. The van der Waals surface area contributed by atoms with Crippen molar-refractivity contribution in [3.05, 3.63) is 0 Å². The monoisotopic (exact) mass is 1210 g/mol. The van der Waals surface area contributed by atoms with Gasteiger partial charge in [-0.3, -0.25) is 0 Å². The maximum atomic E-state index is 8.61. The van der Waals surface area contributed by atoms with Crippen molar-refractivity contribution in [2.24, 2.45) is 0 Å². The third-order valence-electron chi connectivity index (χ3n) is 11.3. The average molecular weight is 1210 g/mol. The van der Waals surface area contributed by atoms with E-state index in [0.717, 1.165) is 19.4 Å². The largest absolute Gasteiger partial charge is 0.394 e. The predicted octanol–water partition coefficient (Wildman–Crippen LogP) is 4.67. The molecule has 0 aliphatic carbocycles. The second-order valence-electron chi connectivity index (χ2n) is 18.3. The fourth-order valence-electron chi connectivity index (χ4n) is 6.84. The topological polar surface area (TPSA) is 233 Å². The van der Waals surface area contributed by atoms with Crippen LogP contribution >= 0.6 is 0 Å². The van der Waals surface area contributed by atoms with Gasteiger partial charge in [0.05, 0.1) is 291 Å². The normalized spacial score (nSPS) is 11.8. The van der Waals surface area contributed by atoms with E-state index in [1.807, 2.05) is 0 Å². The maximum absolute atomic E-state index is 8.61. The lowest BCUT2D eigenvalue weighted by molar-refractivity contribution is -0.0315. The molecule has 500 valence electrons. The van der Waals surface area contributed by atoms with Gasteiger partial charge >= 0.3 is 0 Å². The summed E-state index contributed by atoms with van der Waals surface area (Å²) in [6.45, 7) is 26.0. The van der Waals surface area contributed by atoms with Gasteiger partial charge in [0.25, 0.3) is 0 Å². The van der Waals surface area contributed by atoms with Gasteiger partial charge in [-0.1, -0.05) is 64.7 Å². The first-order chi connectivity index (χ1) is 41.4. The minimum atomic E-state index is 0.0189. The highest BCUT2D eigenvalue weighted by Crippen LogP contribution is 2.10. The van der Waals surface area contributed by atoms with Gasteiger partial charge in [-0.2, -0.15) is 0 Å². The van der Waals surface area contributed by atoms with Crippen molar-refractivity contribution in [1.29, 1.82) is 0 Å². The summed E-state index contributed by atoms with van der Waals surface area (Å²) in [6, 6.07) is 0. The first-order valence-corrected chi connectivity index (χ1v) is 31.3. The van der Waals surface area contributed by atoms with E-state index < -0.39 is 0 Å². The first-order valence-electron chi connectivity index (χ1n) is 31.3. The Bertz CT molecular complexity index is 1020. The molecule has 0 aliphatic rings. The number of hydrogen-bond acceptors (Lipinski definition) is 24. The Morgan fingerprint density at radius 1 is 0.133 bits per heavy atom. The molecule has 0 aromatic heterocycles. The summed E-state index contributed by atoms with van der Waals surface area (Å²) in [5.74, 6) is 0. The minimum absolute atomic E-state index is 0.0189. The average Bonchev–Trinajstić information content (AvgIpc) is 3.49. The Morgan fingerprint density at radius 2 is 0.253 bits per heavy atom. The van der Waals surface area contributed by atoms with Gasteiger partial charge in [-0.05, 0) is 12.8 Å². The molecule has 24 heteroatoms. The van der Waals surface area contributed by atoms with Crippen LogP contribution in [0, 0.1) is 0 Å². The van der Waals surface area contributed by atoms with E-state index in [2.05, 4.69) is 6.92 Å². The predicted molar refractivity (Wildman–Crippen MR) is 312 cm³/mol. The van der Waals surface area contributed by atoms with Crippen molar-refractivity contribution in [3.63, 3.8) is 0 Å². The molecule has 0 bridgehead atoms. The standard InChI is InChI=1S/C59H120O24/c1-2-3-4-5-6-7-8-9-10-11-14-61-18-22-65-23-19-62-15-12-16-63-20-24-66-26-28-68-30-32-70-34-36-72-38-40-74-42-44-76-46-48-78-50-52-80-54-56-82-58-59-83-57-55-81-53-51-79-49-47-77-45-43-75-41-39-73-37-35-71-33-31-69-29-27-67-25-21-64-17-13-60/h60H,2-59H2,1H3. The summed E-state index contributed by atoms with van der Waals surface area (Å²) in [5.41, 5.74) is 0. The van der Waals surface area contributed by atoms with E-state index in [9.17, 15) is 0 Å². The van der Waals surface area contributed by atoms with E-state index in [1.54, 1.807) is 0 Å². The Morgan fingerprint density at radius 3 is 0.410 bits per heavy atom. The number of unbranched alkanes of at least 4 members (excludes halogenated alkanes) is 9. The molecule has 0 heterocycles. The molecule has 24 nitrogen and oxygen atoms in total. The molecule has 0 radical (unpaired) electrons. The van der Waals surface area contributed by atoms with E-state index in [4.69, 9.17) is 114 Å². The lowest BCUT2D eigenvalue weighted by Crippen LogP contribution is -2.16. The zero-order valence-corrected chi connectivity index (χ0v) is 51.8. The number of rotatable bonds is 80. The second kappa shape index (κ2) is 81.0. The highest BCUT2D eigenvalue weighted by molar-refractivity contribution is 4.48. The molecule has 83 heavy (non-hydrogen) atoms. The number of ether oxygens (including phenoxy) is 23. The zero-order chi connectivity index (χ0) is 59.3. The first kappa shape index (κ1) is 82.0. The Hall–Kier alpha value is -0.960. The van der Waals surface area contributed by atoms with Gasteiger partial charge in [0.2, 0.25) is 0 Å². The molecule has 0 aromatic rings. The summed E-state index contributed by atoms with van der Waals surface area (Å²) in [4.78, 5) is 0. The third kappa shape index (κ3) is 81.0. The molecular formula is C59H120O24. The summed E-state index contributed by atoms with van der Waals surface area (Å²) >= 11 is 0. The fourth-order valence-corrected chi connectivity index (χ4v) is 6.84. The van der Waals surface area contributed by atoms with Crippen molar-refractivity contribution >= 4 is 0 Å². The van der Waals surface area contributed by atoms with Gasteiger partial charge in [0.15, 0.2) is 0 Å². The van der Waals surface area contributed by atoms with Gasteiger partial charge in [-0.25, -0.2) is 0 Å². The van der Waals surface area contributed by atoms with Crippen LogP contribution in [0.3, 0.4) is 0 Å². The van der Waals surface area contributed by atoms with Crippen LogP contribution in [0.25, 0.3) is 0 Å². The molecule has 0 aliphatic heterocycles. The van der Waals surface area contributed by atoms with Crippen LogP contribution in [0.1, 0.15) is 77.6 Å². The van der Waals surface area contributed by atoms with Crippen LogP contribution in [0.15, 0.2) is 0 Å². The van der Waals surface area contributed by atoms with Crippen molar-refractivity contribution in [3.8, 4) is 0 Å². The van der Waals surface area contributed by atoms with Crippen LogP contribution < -0.4 is 0 Å². The van der Waals surface area contributed by atoms with E-state index in [1.165, 1.54) is 57.8 Å². The Labute approximate surface area is 500 Å². The van der Waals surface area contributed by atoms with Gasteiger partial charge in [0.1, 0.15) is 0 Å². The molecule has 0 saturated heterocycles. The second-order valence-corrected chi connectivity index (χ2v) is 18.3. The van der Waals surface area contributed by atoms with Crippen molar-refractivity contribution in [2.75, 3.05) is 311 Å². The SMILES string of the molecule is CCCCCCCCCCCCOCCOCCOCCCOCCOCCOCCOCCOCCOCCOCCOCCOCCOCCOCCOCCOCCOCCOCCOCCOCCOCCOCCOCCO. The van der Waals surface area contributed by atoms with Crippen LogP contribution in [0.5, 0.6) is 0 Å². The maximum Gasteiger partial charge on any atom is 0.0701 e. The molecule has 0 unspecified atom stereocenters. The van der Waals surface area contributed by atoms with Gasteiger partial charge in [0, 0.05) is 19.8 Å². The van der Waals surface area contributed by atoms with E-state index in [-0.39, 0.29) is 6.61 Å².